The Morgan fingerprint density at radius 2 is 1.67 bits per heavy atom. The van der Waals surface area contributed by atoms with E-state index in [4.69, 9.17) is 29.7 Å². The molecule has 0 aliphatic carbocycles. The standard InChI is InChI=1S/C8H11N2O3P.H3O3P/c9-10-8-3-1-7(2-4-8)5-6-14(11,12)13;1-4(2)3/h1-4,9H,5-6H2,(H2,11,12,13);4H,(H2,1,2,3). The molecule has 0 unspecified atom stereocenters. The largest absolute Gasteiger partial charge is 0.326 e. The molecule has 0 saturated heterocycles. The predicted octanol–water partition coefficient (Wildman–Crippen LogP) is 1.43. The fourth-order valence-corrected chi connectivity index (χ4v) is 1.56. The molecule has 1 aromatic carbocycles. The summed E-state index contributed by atoms with van der Waals surface area (Å²) in [5.41, 5.74) is 8.08. The van der Waals surface area contributed by atoms with E-state index in [9.17, 15) is 4.57 Å². The van der Waals surface area contributed by atoms with E-state index in [0.29, 0.717) is 12.1 Å². The smallest absolute Gasteiger partial charge is 0.325 e. The Morgan fingerprint density at radius 1 is 1.22 bits per heavy atom. The fourth-order valence-electron chi connectivity index (χ4n) is 1.01. The molecule has 1 rings (SSSR count). The fraction of sp³-hybridized carbons (Fsp3) is 0.250. The molecule has 0 heterocycles. The maximum atomic E-state index is 10.6. The van der Waals surface area contributed by atoms with Crippen LogP contribution in [0.25, 0.3) is 0 Å². The van der Waals surface area contributed by atoms with E-state index in [-0.39, 0.29) is 6.16 Å². The number of hydrogen-bond acceptors (Lipinski definition) is 4. The Labute approximate surface area is 104 Å². The molecular formula is C8H14N2O6P2. The molecule has 0 atom stereocenters. The van der Waals surface area contributed by atoms with Gasteiger partial charge in [-0.1, -0.05) is 12.1 Å². The summed E-state index contributed by atoms with van der Waals surface area (Å²) in [5.74, 6) is 0. The molecule has 0 amide bonds. The van der Waals surface area contributed by atoms with E-state index in [2.05, 4.69) is 5.11 Å². The van der Waals surface area contributed by atoms with Gasteiger partial charge in [-0.2, -0.15) is 5.11 Å². The first kappa shape index (κ1) is 17.1. The molecule has 10 heteroatoms. The molecule has 0 radical (unpaired) electrons. The quantitative estimate of drug-likeness (QED) is 0.418. The van der Waals surface area contributed by atoms with Gasteiger partial charge in [0.2, 0.25) is 0 Å². The Hall–Kier alpha value is -0.880. The Bertz CT molecular complexity index is 439. The lowest BCUT2D eigenvalue weighted by Gasteiger charge is -2.03. The van der Waals surface area contributed by atoms with Gasteiger partial charge in [-0.3, -0.25) is 9.13 Å². The van der Waals surface area contributed by atoms with Gasteiger partial charge in [0.15, 0.2) is 0 Å². The van der Waals surface area contributed by atoms with Crippen LogP contribution in [0.5, 0.6) is 0 Å². The highest BCUT2D eigenvalue weighted by molar-refractivity contribution is 7.51. The molecule has 8 nitrogen and oxygen atoms in total. The highest BCUT2D eigenvalue weighted by atomic mass is 31.2. The molecule has 5 N–H and O–H groups in total. The van der Waals surface area contributed by atoms with Gasteiger partial charge >= 0.3 is 15.9 Å². The summed E-state index contributed by atoms with van der Waals surface area (Å²) in [6.07, 6.45) is 0.187. The summed E-state index contributed by atoms with van der Waals surface area (Å²) in [7, 11) is -7.04. The first-order valence-corrected chi connectivity index (χ1v) is 7.77. The molecule has 0 spiro atoms. The van der Waals surface area contributed by atoms with E-state index < -0.39 is 15.9 Å². The zero-order valence-corrected chi connectivity index (χ0v) is 11.1. The number of nitrogens with zero attached hydrogens (tertiary/aromatic N) is 1. The molecular weight excluding hydrogens is 282 g/mol. The lowest BCUT2D eigenvalue weighted by Crippen LogP contribution is -1.92. The second-order valence-corrected chi connectivity index (χ2v) is 5.54. The van der Waals surface area contributed by atoms with Crippen molar-refractivity contribution in [2.75, 3.05) is 6.16 Å². The van der Waals surface area contributed by atoms with Gasteiger partial charge in [-0.05, 0) is 24.1 Å². The van der Waals surface area contributed by atoms with Crippen molar-refractivity contribution in [3.63, 3.8) is 0 Å². The SMILES string of the molecule is N=Nc1ccc(CCP(=O)(O)O)cc1.O=[PH](O)O. The molecule has 0 aromatic heterocycles. The molecule has 1 aromatic rings. The van der Waals surface area contributed by atoms with E-state index in [0.717, 1.165) is 5.56 Å². The van der Waals surface area contributed by atoms with Crippen LogP contribution in [0.15, 0.2) is 29.4 Å². The third-order valence-corrected chi connectivity index (χ3v) is 2.56. The average molecular weight is 296 g/mol. The zero-order chi connectivity index (χ0) is 14.2. The number of benzene rings is 1. The normalized spacial score (nSPS) is 10.7. The van der Waals surface area contributed by atoms with Gasteiger partial charge in [0, 0.05) is 0 Å². The topological polar surface area (TPSA) is 151 Å². The van der Waals surface area contributed by atoms with Crippen molar-refractivity contribution in [1.29, 1.82) is 5.53 Å². The average Bonchev–Trinajstić information content (AvgIpc) is 2.25. The first-order chi connectivity index (χ1) is 8.24. The molecule has 0 aliphatic heterocycles. The minimum absolute atomic E-state index is 0.148. The van der Waals surface area contributed by atoms with Crippen molar-refractivity contribution >= 4 is 21.5 Å². The minimum atomic E-state index is -3.91. The van der Waals surface area contributed by atoms with Gasteiger partial charge in [-0.25, -0.2) is 5.53 Å². The van der Waals surface area contributed by atoms with Crippen molar-refractivity contribution in [3.8, 4) is 0 Å². The number of hydrogen-bond donors (Lipinski definition) is 5. The molecule has 0 fully saturated rings. The highest BCUT2D eigenvalue weighted by Gasteiger charge is 2.11. The first-order valence-electron chi connectivity index (χ1n) is 4.67. The number of aryl methyl sites for hydroxylation is 1. The second-order valence-electron chi connectivity index (χ2n) is 3.20. The van der Waals surface area contributed by atoms with Gasteiger partial charge in [0.25, 0.3) is 0 Å². The lowest BCUT2D eigenvalue weighted by molar-refractivity contribution is 0.373. The van der Waals surface area contributed by atoms with Gasteiger partial charge in [0.05, 0.1) is 11.8 Å². The third kappa shape index (κ3) is 10.3. The summed E-state index contributed by atoms with van der Waals surface area (Å²) in [6, 6.07) is 6.70. The molecule has 0 aliphatic rings. The van der Waals surface area contributed by atoms with Gasteiger partial charge in [-0.15, -0.1) is 0 Å². The monoisotopic (exact) mass is 296 g/mol. The minimum Gasteiger partial charge on any atom is -0.326 e. The van der Waals surface area contributed by atoms with Crippen LogP contribution in [-0.4, -0.2) is 25.7 Å². The van der Waals surface area contributed by atoms with Crippen LogP contribution < -0.4 is 0 Å². The van der Waals surface area contributed by atoms with Crippen molar-refractivity contribution in [3.05, 3.63) is 29.8 Å². The molecule has 102 valence electrons. The lowest BCUT2D eigenvalue weighted by atomic mass is 10.1. The van der Waals surface area contributed by atoms with Crippen molar-refractivity contribution in [1.82, 2.24) is 0 Å². The number of nitrogens with one attached hydrogen (secondary N) is 1. The van der Waals surface area contributed by atoms with Crippen molar-refractivity contribution in [2.24, 2.45) is 5.11 Å². The molecule has 18 heavy (non-hydrogen) atoms. The summed E-state index contributed by atoms with van der Waals surface area (Å²) in [4.78, 5) is 31.6. The van der Waals surface area contributed by atoms with Gasteiger partial charge < -0.3 is 19.6 Å². The van der Waals surface area contributed by atoms with Crippen LogP contribution in [0.2, 0.25) is 0 Å². The van der Waals surface area contributed by atoms with Crippen LogP contribution >= 0.6 is 15.9 Å². The van der Waals surface area contributed by atoms with Crippen molar-refractivity contribution in [2.45, 2.75) is 6.42 Å². The number of rotatable bonds is 4. The van der Waals surface area contributed by atoms with Crippen LogP contribution in [0.1, 0.15) is 5.56 Å². The second kappa shape index (κ2) is 8.26. The van der Waals surface area contributed by atoms with E-state index in [1.54, 1.807) is 24.3 Å². The molecule has 0 saturated carbocycles. The maximum absolute atomic E-state index is 10.6. The van der Waals surface area contributed by atoms with Gasteiger partial charge in [0.1, 0.15) is 0 Å². The van der Waals surface area contributed by atoms with Crippen LogP contribution in [0.4, 0.5) is 5.69 Å². The summed E-state index contributed by atoms with van der Waals surface area (Å²) in [5, 5.41) is 3.22. The van der Waals surface area contributed by atoms with E-state index >= 15 is 0 Å². The van der Waals surface area contributed by atoms with Crippen LogP contribution in [-0.2, 0) is 15.6 Å². The van der Waals surface area contributed by atoms with E-state index in [1.165, 1.54) is 0 Å². The molecule has 0 bridgehead atoms. The summed E-state index contributed by atoms with van der Waals surface area (Å²) in [6.45, 7) is 0. The summed E-state index contributed by atoms with van der Waals surface area (Å²) < 4.78 is 19.3. The van der Waals surface area contributed by atoms with E-state index in [1.807, 2.05) is 0 Å². The van der Waals surface area contributed by atoms with Crippen LogP contribution in [0, 0.1) is 5.53 Å². The maximum Gasteiger partial charge on any atom is 0.325 e. The Balaban J connectivity index is 0.000000631. The Morgan fingerprint density at radius 3 is 2.00 bits per heavy atom. The third-order valence-electron chi connectivity index (χ3n) is 1.76. The zero-order valence-electron chi connectivity index (χ0n) is 9.22. The van der Waals surface area contributed by atoms with Crippen LogP contribution in [0.3, 0.4) is 0 Å². The predicted molar refractivity (Wildman–Crippen MR) is 65.3 cm³/mol. The summed E-state index contributed by atoms with van der Waals surface area (Å²) >= 11 is 0. The van der Waals surface area contributed by atoms with Crippen molar-refractivity contribution < 1.29 is 28.7 Å². The Kier molecular flexibility index (Phi) is 7.86. The highest BCUT2D eigenvalue weighted by Crippen LogP contribution is 2.34.